The maximum atomic E-state index is 14.3. The SMILES string of the molecule is CO[C@@H]1OC(C2O[C@@H](OC)[C@H](OC(=O)c3ccccc3)[C@@H](OC(=O)c3ccccc3)[C@@H]2OC(=O)c2ccccc2)[C@@H](OC(=O)c2ccccc2)[C@H](OC(=O)c2ccccc2)[C@H]1OC(=O)c1ccccc1. The second-order valence-electron chi connectivity index (χ2n) is 15.8. The van der Waals surface area contributed by atoms with Gasteiger partial charge in [-0.2, -0.15) is 0 Å². The molecule has 0 spiro atoms. The minimum Gasteiger partial charge on any atom is -0.452 e. The van der Waals surface area contributed by atoms with Crippen LogP contribution in [0, 0.1) is 0 Å². The third kappa shape index (κ3) is 11.3. The molecule has 2 heterocycles. The fourth-order valence-corrected chi connectivity index (χ4v) is 7.96. The predicted molar refractivity (Wildman–Crippen MR) is 245 cm³/mol. The molecule has 8 rings (SSSR count). The zero-order chi connectivity index (χ0) is 49.0. The number of rotatable bonds is 15. The highest BCUT2D eigenvalue weighted by Crippen LogP contribution is 2.39. The number of esters is 6. The van der Waals surface area contributed by atoms with Crippen LogP contribution in [0.15, 0.2) is 182 Å². The molecule has 0 radical (unpaired) electrons. The van der Waals surface area contributed by atoms with Crippen LogP contribution in [0.1, 0.15) is 62.1 Å². The van der Waals surface area contributed by atoms with E-state index in [4.69, 9.17) is 47.4 Å². The average Bonchev–Trinajstić information content (AvgIpc) is 3.41. The molecule has 2 saturated heterocycles. The van der Waals surface area contributed by atoms with Gasteiger partial charge >= 0.3 is 35.8 Å². The van der Waals surface area contributed by atoms with Gasteiger partial charge in [0, 0.05) is 14.2 Å². The van der Waals surface area contributed by atoms with Gasteiger partial charge in [0.1, 0.15) is 12.2 Å². The Morgan fingerprint density at radius 1 is 0.286 bits per heavy atom. The lowest BCUT2D eigenvalue weighted by atomic mass is 9.87. The number of carbonyl (C=O) groups is 6. The Bertz CT molecular complexity index is 2520. The van der Waals surface area contributed by atoms with E-state index in [0.29, 0.717) is 0 Å². The summed E-state index contributed by atoms with van der Waals surface area (Å²) < 4.78 is 62.2. The molecule has 2 fully saturated rings. The summed E-state index contributed by atoms with van der Waals surface area (Å²) in [6.45, 7) is 0. The Morgan fingerprint density at radius 2 is 0.471 bits per heavy atom. The van der Waals surface area contributed by atoms with Crippen molar-refractivity contribution in [2.45, 2.75) is 61.4 Å². The molecule has 0 bridgehead atoms. The average molecular weight is 951 g/mol. The Balaban J connectivity index is 1.29. The van der Waals surface area contributed by atoms with E-state index in [1.807, 2.05) is 0 Å². The quantitative estimate of drug-likeness (QED) is 0.0748. The van der Waals surface area contributed by atoms with Gasteiger partial charge in [-0.05, 0) is 72.8 Å². The lowest BCUT2D eigenvalue weighted by molar-refractivity contribution is -0.349. The van der Waals surface area contributed by atoms with Crippen molar-refractivity contribution in [3.8, 4) is 0 Å². The normalized spacial score (nSPS) is 23.9. The van der Waals surface area contributed by atoms with Gasteiger partial charge in [0.15, 0.2) is 49.2 Å². The minimum absolute atomic E-state index is 0.0509. The molecule has 358 valence electrons. The van der Waals surface area contributed by atoms with Gasteiger partial charge in [-0.15, -0.1) is 0 Å². The van der Waals surface area contributed by atoms with Crippen LogP contribution in [0.2, 0.25) is 0 Å². The molecule has 70 heavy (non-hydrogen) atoms. The lowest BCUT2D eigenvalue weighted by Gasteiger charge is -2.51. The monoisotopic (exact) mass is 950 g/mol. The van der Waals surface area contributed by atoms with Crippen molar-refractivity contribution in [3.05, 3.63) is 215 Å². The number of carbonyl (C=O) groups excluding carboxylic acids is 6. The van der Waals surface area contributed by atoms with Crippen molar-refractivity contribution >= 4 is 35.8 Å². The number of hydrogen-bond acceptors (Lipinski definition) is 16. The van der Waals surface area contributed by atoms with Crippen molar-refractivity contribution in [3.63, 3.8) is 0 Å². The first-order valence-electron chi connectivity index (χ1n) is 22.1. The van der Waals surface area contributed by atoms with Gasteiger partial charge in [-0.25, -0.2) is 28.8 Å². The predicted octanol–water partition coefficient (Wildman–Crippen LogP) is 7.08. The van der Waals surface area contributed by atoms with Gasteiger partial charge < -0.3 is 47.4 Å². The van der Waals surface area contributed by atoms with E-state index < -0.39 is 97.2 Å². The van der Waals surface area contributed by atoms with E-state index in [2.05, 4.69) is 0 Å². The molecular formula is C54H46O16. The van der Waals surface area contributed by atoms with E-state index in [1.54, 1.807) is 109 Å². The molecule has 16 heteroatoms. The van der Waals surface area contributed by atoms with Gasteiger partial charge in [0.05, 0.1) is 33.4 Å². The number of benzene rings is 6. The van der Waals surface area contributed by atoms with Crippen molar-refractivity contribution < 1.29 is 76.1 Å². The third-order valence-corrected chi connectivity index (χ3v) is 11.4. The van der Waals surface area contributed by atoms with Crippen LogP contribution in [-0.4, -0.2) is 111 Å². The van der Waals surface area contributed by atoms with Crippen LogP contribution >= 0.6 is 0 Å². The highest BCUT2D eigenvalue weighted by atomic mass is 16.8. The molecule has 0 saturated carbocycles. The summed E-state index contributed by atoms with van der Waals surface area (Å²) in [6.07, 6.45) is -17.4. The molecule has 2 aliphatic heterocycles. The van der Waals surface area contributed by atoms with E-state index in [9.17, 15) is 28.8 Å². The standard InChI is InChI=1S/C54H46O16/c1-61-53-45(67-51(59)37-29-17-7-18-30-37)43(65-49(57)35-25-13-5-14-26-35)39(63-47(55)33-21-9-3-10-22-33)41(69-53)42-40(64-48(56)34-23-11-4-12-24-34)44(66-50(58)36-27-15-6-16-28-36)46(54(62-2)70-42)68-52(60)38-31-19-8-20-32-38/h3-32,39-46,53-54H,1-2H3/t39-,40-,41?,42?,43+,44+,45-,46-,53-,54-/m1/s1. The van der Waals surface area contributed by atoms with E-state index in [1.165, 1.54) is 87.0 Å². The van der Waals surface area contributed by atoms with Crippen LogP contribution < -0.4 is 0 Å². The summed E-state index contributed by atoms with van der Waals surface area (Å²) in [6, 6.07) is 47.2. The molecular weight excluding hydrogens is 905 g/mol. The second-order valence-corrected chi connectivity index (χ2v) is 15.8. The summed E-state index contributed by atoms with van der Waals surface area (Å²) in [5, 5.41) is 0. The van der Waals surface area contributed by atoms with Crippen LogP contribution in [0.5, 0.6) is 0 Å². The third-order valence-electron chi connectivity index (χ3n) is 11.4. The van der Waals surface area contributed by atoms with Crippen molar-refractivity contribution in [2.24, 2.45) is 0 Å². The molecule has 16 nitrogen and oxygen atoms in total. The van der Waals surface area contributed by atoms with Crippen LogP contribution in [0.4, 0.5) is 0 Å². The minimum atomic E-state index is -1.84. The van der Waals surface area contributed by atoms with E-state index >= 15 is 0 Å². The summed E-state index contributed by atoms with van der Waals surface area (Å²) in [7, 11) is 2.46. The Labute approximate surface area is 401 Å². The maximum absolute atomic E-state index is 14.3. The van der Waals surface area contributed by atoms with Crippen molar-refractivity contribution in [1.82, 2.24) is 0 Å². The summed E-state index contributed by atoms with van der Waals surface area (Å²) in [5.74, 6) is -5.55. The topological polar surface area (TPSA) is 195 Å². The van der Waals surface area contributed by atoms with Crippen molar-refractivity contribution in [1.29, 1.82) is 0 Å². The van der Waals surface area contributed by atoms with Gasteiger partial charge in [-0.1, -0.05) is 109 Å². The van der Waals surface area contributed by atoms with E-state index in [0.717, 1.165) is 0 Å². The van der Waals surface area contributed by atoms with Crippen molar-refractivity contribution in [2.75, 3.05) is 14.2 Å². The Morgan fingerprint density at radius 3 is 0.671 bits per heavy atom. The number of hydrogen-bond donors (Lipinski definition) is 0. The number of ether oxygens (including phenoxy) is 10. The molecule has 6 aromatic rings. The first-order chi connectivity index (χ1) is 34.1. The van der Waals surface area contributed by atoms with E-state index in [-0.39, 0.29) is 33.4 Å². The summed E-state index contributed by atoms with van der Waals surface area (Å²) in [4.78, 5) is 85.0. The summed E-state index contributed by atoms with van der Waals surface area (Å²) in [5.41, 5.74) is 0.455. The highest BCUT2D eigenvalue weighted by molar-refractivity contribution is 5.93. The molecule has 6 aromatic carbocycles. The second kappa shape index (κ2) is 22.9. The van der Waals surface area contributed by atoms with Crippen LogP contribution in [-0.2, 0) is 47.4 Å². The molecule has 0 amide bonds. The summed E-state index contributed by atoms with van der Waals surface area (Å²) >= 11 is 0. The molecule has 2 unspecified atom stereocenters. The molecule has 0 aromatic heterocycles. The molecule has 10 atom stereocenters. The Hall–Kier alpha value is -8.02. The zero-order valence-electron chi connectivity index (χ0n) is 37.6. The fraction of sp³-hybridized carbons (Fsp3) is 0.222. The Kier molecular flexibility index (Phi) is 15.8. The van der Waals surface area contributed by atoms with Gasteiger partial charge in [-0.3, -0.25) is 0 Å². The maximum Gasteiger partial charge on any atom is 0.338 e. The fourth-order valence-electron chi connectivity index (χ4n) is 7.96. The van der Waals surface area contributed by atoms with Gasteiger partial charge in [0.25, 0.3) is 0 Å². The lowest BCUT2D eigenvalue weighted by Crippen LogP contribution is -2.71. The zero-order valence-corrected chi connectivity index (χ0v) is 37.6. The van der Waals surface area contributed by atoms with Crippen LogP contribution in [0.3, 0.4) is 0 Å². The molecule has 2 aliphatic rings. The number of methoxy groups -OCH3 is 2. The first kappa shape index (κ1) is 48.4. The van der Waals surface area contributed by atoms with Gasteiger partial charge in [0.2, 0.25) is 0 Å². The molecule has 0 N–H and O–H groups in total. The van der Waals surface area contributed by atoms with Crippen LogP contribution in [0.25, 0.3) is 0 Å². The molecule has 0 aliphatic carbocycles. The first-order valence-corrected chi connectivity index (χ1v) is 22.1. The largest absolute Gasteiger partial charge is 0.452 e. The highest BCUT2D eigenvalue weighted by Gasteiger charge is 2.62. The smallest absolute Gasteiger partial charge is 0.338 e.